The predicted octanol–water partition coefficient (Wildman–Crippen LogP) is 0.790. The molecular formula is C9H19NO2. The van der Waals surface area contributed by atoms with Crippen LogP contribution in [0.3, 0.4) is 0 Å². The van der Waals surface area contributed by atoms with Crippen LogP contribution in [0.25, 0.3) is 0 Å². The van der Waals surface area contributed by atoms with Gasteiger partial charge in [0.15, 0.2) is 0 Å². The van der Waals surface area contributed by atoms with E-state index in [0.717, 1.165) is 19.8 Å². The molecule has 3 nitrogen and oxygen atoms in total. The molecule has 1 fully saturated rings. The molecule has 1 aliphatic heterocycles. The Morgan fingerprint density at radius 3 is 2.92 bits per heavy atom. The fourth-order valence-corrected chi connectivity index (χ4v) is 1.41. The van der Waals surface area contributed by atoms with Crippen LogP contribution in [-0.4, -0.2) is 39.0 Å². The van der Waals surface area contributed by atoms with E-state index in [0.29, 0.717) is 12.1 Å². The van der Waals surface area contributed by atoms with E-state index in [4.69, 9.17) is 9.47 Å². The van der Waals surface area contributed by atoms with Gasteiger partial charge in [-0.15, -0.1) is 0 Å². The molecule has 1 rings (SSSR count). The highest BCUT2D eigenvalue weighted by atomic mass is 16.5. The lowest BCUT2D eigenvalue weighted by atomic mass is 10.1. The second kappa shape index (κ2) is 5.51. The van der Waals surface area contributed by atoms with Crippen LogP contribution in [0.5, 0.6) is 0 Å². The molecule has 0 bridgehead atoms. The van der Waals surface area contributed by atoms with Gasteiger partial charge >= 0.3 is 0 Å². The van der Waals surface area contributed by atoms with Crippen molar-refractivity contribution in [3.8, 4) is 0 Å². The molecule has 1 N–H and O–H groups in total. The molecule has 0 spiro atoms. The van der Waals surface area contributed by atoms with E-state index in [1.54, 1.807) is 7.11 Å². The lowest BCUT2D eigenvalue weighted by Gasteiger charge is -2.27. The Bertz CT molecular complexity index is 111. The first-order valence-electron chi connectivity index (χ1n) is 4.67. The molecule has 3 heteroatoms. The highest BCUT2D eigenvalue weighted by molar-refractivity contribution is 4.72. The minimum absolute atomic E-state index is 0.450. The van der Waals surface area contributed by atoms with Crippen molar-refractivity contribution in [3.05, 3.63) is 0 Å². The molecule has 0 aromatic rings. The lowest BCUT2D eigenvalue weighted by molar-refractivity contribution is 0.00745. The fraction of sp³-hybridized carbons (Fsp3) is 1.00. The van der Waals surface area contributed by atoms with E-state index in [1.165, 1.54) is 12.8 Å². The molecule has 0 aromatic heterocycles. The van der Waals surface area contributed by atoms with E-state index in [-0.39, 0.29) is 0 Å². The summed E-state index contributed by atoms with van der Waals surface area (Å²) < 4.78 is 10.5. The van der Waals surface area contributed by atoms with Crippen LogP contribution >= 0.6 is 0 Å². The molecule has 1 unspecified atom stereocenters. The van der Waals surface area contributed by atoms with E-state index >= 15 is 0 Å². The molecule has 72 valence electrons. The van der Waals surface area contributed by atoms with Crippen LogP contribution in [0.2, 0.25) is 0 Å². The van der Waals surface area contributed by atoms with E-state index in [2.05, 4.69) is 12.2 Å². The molecule has 1 saturated heterocycles. The minimum atomic E-state index is 0.450. The van der Waals surface area contributed by atoms with Crippen molar-refractivity contribution in [2.24, 2.45) is 0 Å². The SMILES string of the molecule is COCCNC1CC[C@@H](C)OC1. The third kappa shape index (κ3) is 3.52. The molecule has 1 aliphatic rings. The van der Waals surface area contributed by atoms with Gasteiger partial charge in [-0.2, -0.15) is 0 Å². The molecule has 0 amide bonds. The van der Waals surface area contributed by atoms with Crippen molar-refractivity contribution >= 4 is 0 Å². The normalized spacial score (nSPS) is 30.5. The highest BCUT2D eigenvalue weighted by Crippen LogP contribution is 2.12. The molecule has 0 radical (unpaired) electrons. The third-order valence-corrected chi connectivity index (χ3v) is 2.24. The van der Waals surface area contributed by atoms with Gasteiger partial charge in [0.05, 0.1) is 19.3 Å². The Hall–Kier alpha value is -0.120. The first kappa shape index (κ1) is 9.96. The first-order valence-corrected chi connectivity index (χ1v) is 4.67. The van der Waals surface area contributed by atoms with E-state index in [1.807, 2.05) is 0 Å². The van der Waals surface area contributed by atoms with Gasteiger partial charge in [-0.1, -0.05) is 0 Å². The number of nitrogens with one attached hydrogen (secondary N) is 1. The standard InChI is InChI=1S/C9H19NO2/c1-8-3-4-9(7-12-8)10-5-6-11-2/h8-10H,3-7H2,1-2H3/t8-,9?/m1/s1. The number of hydrogen-bond acceptors (Lipinski definition) is 3. The summed E-state index contributed by atoms with van der Waals surface area (Å²) in [5.74, 6) is 0. The van der Waals surface area contributed by atoms with Crippen molar-refractivity contribution in [2.75, 3.05) is 26.9 Å². The lowest BCUT2D eigenvalue weighted by Crippen LogP contribution is -2.40. The van der Waals surface area contributed by atoms with Gasteiger partial charge in [0.2, 0.25) is 0 Å². The largest absolute Gasteiger partial charge is 0.383 e. The predicted molar refractivity (Wildman–Crippen MR) is 48.3 cm³/mol. The summed E-state index contributed by atoms with van der Waals surface area (Å²) in [5, 5.41) is 3.39. The molecule has 12 heavy (non-hydrogen) atoms. The van der Waals surface area contributed by atoms with Crippen molar-refractivity contribution in [3.63, 3.8) is 0 Å². The summed E-state index contributed by atoms with van der Waals surface area (Å²) in [7, 11) is 1.72. The van der Waals surface area contributed by atoms with Crippen LogP contribution in [0.1, 0.15) is 19.8 Å². The Morgan fingerprint density at radius 2 is 2.33 bits per heavy atom. The Kier molecular flexibility index (Phi) is 4.58. The summed E-state index contributed by atoms with van der Waals surface area (Å²) in [5.41, 5.74) is 0. The number of methoxy groups -OCH3 is 1. The second-order valence-corrected chi connectivity index (χ2v) is 3.37. The highest BCUT2D eigenvalue weighted by Gasteiger charge is 2.17. The molecule has 1 heterocycles. The second-order valence-electron chi connectivity index (χ2n) is 3.37. The Morgan fingerprint density at radius 1 is 1.50 bits per heavy atom. The van der Waals surface area contributed by atoms with Crippen LogP contribution in [0, 0.1) is 0 Å². The summed E-state index contributed by atoms with van der Waals surface area (Å²) in [6.07, 6.45) is 2.85. The first-order chi connectivity index (χ1) is 5.83. The molecule has 0 aromatic carbocycles. The average molecular weight is 173 g/mol. The van der Waals surface area contributed by atoms with Gasteiger partial charge in [0, 0.05) is 19.7 Å². The van der Waals surface area contributed by atoms with Gasteiger partial charge in [-0.05, 0) is 19.8 Å². The number of rotatable bonds is 4. The molecule has 0 aliphatic carbocycles. The van der Waals surface area contributed by atoms with Crippen molar-refractivity contribution in [1.29, 1.82) is 0 Å². The number of hydrogen-bond donors (Lipinski definition) is 1. The molecular weight excluding hydrogens is 154 g/mol. The van der Waals surface area contributed by atoms with E-state index in [9.17, 15) is 0 Å². The third-order valence-electron chi connectivity index (χ3n) is 2.24. The monoisotopic (exact) mass is 173 g/mol. The van der Waals surface area contributed by atoms with Crippen LogP contribution in [0.4, 0.5) is 0 Å². The molecule has 0 saturated carbocycles. The van der Waals surface area contributed by atoms with Crippen LogP contribution in [-0.2, 0) is 9.47 Å². The van der Waals surface area contributed by atoms with Crippen molar-refractivity contribution in [1.82, 2.24) is 5.32 Å². The topological polar surface area (TPSA) is 30.5 Å². The quantitative estimate of drug-likeness (QED) is 0.638. The summed E-state index contributed by atoms with van der Waals surface area (Å²) in [6.45, 7) is 4.70. The van der Waals surface area contributed by atoms with E-state index < -0.39 is 0 Å². The molecule has 2 atom stereocenters. The van der Waals surface area contributed by atoms with Gasteiger partial charge in [-0.25, -0.2) is 0 Å². The summed E-state index contributed by atoms with van der Waals surface area (Å²) in [6, 6.07) is 0.538. The minimum Gasteiger partial charge on any atom is -0.383 e. The average Bonchev–Trinajstić information content (AvgIpc) is 2.09. The van der Waals surface area contributed by atoms with Crippen LogP contribution < -0.4 is 5.32 Å². The van der Waals surface area contributed by atoms with Crippen molar-refractivity contribution in [2.45, 2.75) is 31.9 Å². The maximum Gasteiger partial charge on any atom is 0.0623 e. The van der Waals surface area contributed by atoms with Gasteiger partial charge in [0.1, 0.15) is 0 Å². The zero-order valence-corrected chi connectivity index (χ0v) is 8.01. The summed E-state index contributed by atoms with van der Waals surface area (Å²) in [4.78, 5) is 0. The zero-order valence-electron chi connectivity index (χ0n) is 8.01. The Labute approximate surface area is 74.4 Å². The van der Waals surface area contributed by atoms with Crippen LogP contribution in [0.15, 0.2) is 0 Å². The number of ether oxygens (including phenoxy) is 2. The van der Waals surface area contributed by atoms with Gasteiger partial charge < -0.3 is 14.8 Å². The van der Waals surface area contributed by atoms with Gasteiger partial charge in [-0.3, -0.25) is 0 Å². The zero-order chi connectivity index (χ0) is 8.81. The maximum absolute atomic E-state index is 5.52. The Balaban J connectivity index is 2.01. The van der Waals surface area contributed by atoms with Gasteiger partial charge in [0.25, 0.3) is 0 Å². The summed E-state index contributed by atoms with van der Waals surface area (Å²) >= 11 is 0. The van der Waals surface area contributed by atoms with Crippen molar-refractivity contribution < 1.29 is 9.47 Å². The maximum atomic E-state index is 5.52. The smallest absolute Gasteiger partial charge is 0.0623 e. The fourth-order valence-electron chi connectivity index (χ4n) is 1.41.